The predicted octanol–water partition coefficient (Wildman–Crippen LogP) is 1.93. The molecule has 118 valence electrons. The van der Waals surface area contributed by atoms with Gasteiger partial charge >= 0.3 is 0 Å². The third-order valence-electron chi connectivity index (χ3n) is 4.21. The Labute approximate surface area is 137 Å². The lowest BCUT2D eigenvalue weighted by atomic mass is 10.1. The van der Waals surface area contributed by atoms with Crippen LogP contribution in [0.3, 0.4) is 0 Å². The molecule has 0 fully saturated rings. The number of fused-ring (bicyclic) bond motifs is 2. The lowest BCUT2D eigenvalue weighted by Gasteiger charge is -2.27. The summed E-state index contributed by atoms with van der Waals surface area (Å²) < 4.78 is -0.902. The minimum atomic E-state index is -1.41. The quantitative estimate of drug-likeness (QED) is 0.545. The number of aromatic nitrogens is 2. The molecule has 2 heterocycles. The highest BCUT2D eigenvalue weighted by Crippen LogP contribution is 2.45. The lowest BCUT2D eigenvalue weighted by Crippen LogP contribution is -2.52. The third-order valence-corrected chi connectivity index (χ3v) is 4.21. The van der Waals surface area contributed by atoms with Crippen LogP contribution in [0.25, 0.3) is 10.8 Å². The highest BCUT2D eigenvalue weighted by Gasteiger charge is 2.48. The highest BCUT2D eigenvalue weighted by molar-refractivity contribution is 6.15. The van der Waals surface area contributed by atoms with Gasteiger partial charge in [-0.25, -0.2) is 0 Å². The van der Waals surface area contributed by atoms with Crippen LogP contribution in [-0.4, -0.2) is 22.0 Å². The van der Waals surface area contributed by atoms with Gasteiger partial charge in [0, 0.05) is 17.1 Å². The zero-order valence-electron chi connectivity index (χ0n) is 12.8. The molecular formula is C17H13N5O2. The van der Waals surface area contributed by atoms with E-state index in [-0.39, 0.29) is 5.82 Å². The molecule has 7 heteroatoms. The second-order valence-corrected chi connectivity index (χ2v) is 5.58. The van der Waals surface area contributed by atoms with Gasteiger partial charge in [-0.2, -0.15) is 5.10 Å². The Morgan fingerprint density at radius 3 is 2.75 bits per heavy atom. The Morgan fingerprint density at radius 2 is 1.96 bits per heavy atom. The fraction of sp³-hybridized carbons (Fsp3) is 0.0588. The lowest BCUT2D eigenvalue weighted by molar-refractivity contribution is -0.260. The van der Waals surface area contributed by atoms with Crippen LogP contribution in [0.2, 0.25) is 0 Å². The molecule has 1 amide bonds. The smallest absolute Gasteiger partial charge is 0.298 e. The first-order valence-corrected chi connectivity index (χ1v) is 7.33. The molecule has 2 N–H and O–H groups in total. The highest BCUT2D eigenvalue weighted by atomic mass is 16.4. The first-order chi connectivity index (χ1) is 11.6. The van der Waals surface area contributed by atoms with Crippen LogP contribution in [0.15, 0.2) is 53.8 Å². The molecule has 4 rings (SSSR count). The zero-order chi connectivity index (χ0) is 16.9. The van der Waals surface area contributed by atoms with Crippen LogP contribution in [0, 0.1) is 0 Å². The number of nitrogens with two attached hydrogens (primary N) is 1. The number of carbonyl (C=O) groups excluding carboxylic acids is 1. The van der Waals surface area contributed by atoms with Gasteiger partial charge in [0.1, 0.15) is 5.71 Å². The number of anilines is 1. The number of rotatable bonds is 1. The van der Waals surface area contributed by atoms with E-state index in [1.165, 1.54) is 0 Å². The Morgan fingerprint density at radius 1 is 1.17 bits per heavy atom. The molecule has 1 aromatic heterocycles. The molecule has 1 atom stereocenters. The monoisotopic (exact) mass is 319 g/mol. The molecule has 0 aliphatic carbocycles. The second-order valence-electron chi connectivity index (χ2n) is 5.58. The van der Waals surface area contributed by atoms with Crippen LogP contribution >= 0.6 is 0 Å². The number of amides is 1. The predicted molar refractivity (Wildman–Crippen MR) is 89.5 cm³/mol. The average molecular weight is 319 g/mol. The third kappa shape index (κ3) is 1.70. The van der Waals surface area contributed by atoms with E-state index >= 15 is 0 Å². The Hall–Kier alpha value is -3.32. The Balaban J connectivity index is 2.15. The summed E-state index contributed by atoms with van der Waals surface area (Å²) in [7, 11) is 0. The maximum Gasteiger partial charge on any atom is 0.298 e. The van der Waals surface area contributed by atoms with Gasteiger partial charge in [0.2, 0.25) is 0 Å². The number of benzene rings is 2. The van der Waals surface area contributed by atoms with Crippen molar-refractivity contribution in [1.82, 2.24) is 14.8 Å². The summed E-state index contributed by atoms with van der Waals surface area (Å²) in [5.41, 5.74) is 8.01. The number of carboxylic acid groups (broad SMARTS) is 1. The number of hydrogen-bond acceptors (Lipinski definition) is 6. The standard InChI is InChI=1S/C17H13N5O2/c1-10-15-13(18)7-4-8-14(15)22(21-10,17(23)24)16-12-6-3-2-5-11(12)9-19-20-16/h2-9H,1H3,(H2-,18,21,23,24). The largest absolute Gasteiger partial charge is 0.496 e. The molecule has 7 nitrogen and oxygen atoms in total. The van der Waals surface area contributed by atoms with E-state index in [2.05, 4.69) is 15.3 Å². The fourth-order valence-electron chi connectivity index (χ4n) is 3.19. The number of carbonyl (C=O) groups is 1. The fourth-order valence-corrected chi connectivity index (χ4v) is 3.19. The molecule has 24 heavy (non-hydrogen) atoms. The van der Waals surface area contributed by atoms with E-state index in [0.717, 1.165) is 5.39 Å². The molecule has 0 saturated carbocycles. The average Bonchev–Trinajstić information content (AvgIpc) is 2.89. The first-order valence-electron chi connectivity index (χ1n) is 7.33. The van der Waals surface area contributed by atoms with Crippen molar-refractivity contribution in [2.45, 2.75) is 6.92 Å². The van der Waals surface area contributed by atoms with Crippen molar-refractivity contribution in [2.24, 2.45) is 5.10 Å². The summed E-state index contributed by atoms with van der Waals surface area (Å²) in [5, 5.41) is 26.1. The van der Waals surface area contributed by atoms with Crippen LogP contribution in [0.5, 0.6) is 0 Å². The van der Waals surface area contributed by atoms with Gasteiger partial charge in [-0.3, -0.25) is 0 Å². The van der Waals surface area contributed by atoms with E-state index < -0.39 is 10.7 Å². The van der Waals surface area contributed by atoms with Gasteiger partial charge in [-0.05, 0) is 19.1 Å². The van der Waals surface area contributed by atoms with Crippen molar-refractivity contribution in [3.8, 4) is 0 Å². The summed E-state index contributed by atoms with van der Waals surface area (Å²) in [6, 6.07) is 12.4. The molecular weight excluding hydrogens is 306 g/mol. The van der Waals surface area contributed by atoms with Gasteiger partial charge in [-0.15, -0.1) is 0 Å². The van der Waals surface area contributed by atoms with Crippen LogP contribution in [-0.2, 0) is 0 Å². The van der Waals surface area contributed by atoms with E-state index in [0.29, 0.717) is 28.0 Å². The molecule has 0 spiro atoms. The summed E-state index contributed by atoms with van der Waals surface area (Å²) in [5.74, 6) is 0.178. The molecule has 0 saturated heterocycles. The molecule has 0 bridgehead atoms. The zero-order valence-corrected chi connectivity index (χ0v) is 12.8. The minimum absolute atomic E-state index is 0.178. The van der Waals surface area contributed by atoms with E-state index in [1.54, 1.807) is 37.4 Å². The van der Waals surface area contributed by atoms with Gasteiger partial charge in [-0.1, -0.05) is 39.1 Å². The Kier molecular flexibility index (Phi) is 2.88. The molecule has 0 radical (unpaired) electrons. The van der Waals surface area contributed by atoms with Gasteiger partial charge in [0.25, 0.3) is 11.9 Å². The molecule has 1 unspecified atom stereocenters. The van der Waals surface area contributed by atoms with Crippen molar-refractivity contribution < 1.29 is 9.90 Å². The summed E-state index contributed by atoms with van der Waals surface area (Å²) in [6.07, 6.45) is 0.168. The number of hydrogen-bond donors (Lipinski definition) is 1. The maximum absolute atomic E-state index is 12.2. The van der Waals surface area contributed by atoms with Gasteiger partial charge in [0.05, 0.1) is 17.1 Å². The summed E-state index contributed by atoms with van der Waals surface area (Å²) >= 11 is 0. The van der Waals surface area contributed by atoms with E-state index in [1.807, 2.05) is 18.2 Å². The molecule has 1 aliphatic rings. The minimum Gasteiger partial charge on any atom is -0.496 e. The second kappa shape index (κ2) is 4.84. The normalized spacial score (nSPS) is 19.1. The number of quaternary nitrogens is 1. The summed E-state index contributed by atoms with van der Waals surface area (Å²) in [4.78, 5) is 12.2. The van der Waals surface area contributed by atoms with E-state index in [4.69, 9.17) is 5.73 Å². The maximum atomic E-state index is 12.2. The molecule has 3 aromatic rings. The van der Waals surface area contributed by atoms with Crippen molar-refractivity contribution >= 4 is 39.8 Å². The van der Waals surface area contributed by atoms with Crippen molar-refractivity contribution in [1.29, 1.82) is 0 Å². The number of nitrogen functional groups attached to an aromatic ring is 1. The Bertz CT molecular complexity index is 1030. The SMILES string of the molecule is CC1=N[N+](C(=O)[O-])(c2nncc3ccccc23)c2cccc(N)c21. The van der Waals surface area contributed by atoms with Crippen molar-refractivity contribution in [3.05, 3.63) is 54.2 Å². The van der Waals surface area contributed by atoms with Crippen molar-refractivity contribution in [2.75, 3.05) is 5.73 Å². The van der Waals surface area contributed by atoms with Gasteiger partial charge < -0.3 is 15.6 Å². The van der Waals surface area contributed by atoms with Crippen LogP contribution < -0.4 is 15.4 Å². The van der Waals surface area contributed by atoms with Crippen LogP contribution in [0.1, 0.15) is 12.5 Å². The van der Waals surface area contributed by atoms with Crippen molar-refractivity contribution in [3.63, 3.8) is 0 Å². The van der Waals surface area contributed by atoms with E-state index in [9.17, 15) is 9.90 Å². The number of nitrogens with zero attached hydrogens (tertiary/aromatic N) is 4. The molecule has 1 aliphatic heterocycles. The van der Waals surface area contributed by atoms with Crippen LogP contribution in [0.4, 0.5) is 22.0 Å². The topological polar surface area (TPSA) is 104 Å². The van der Waals surface area contributed by atoms with Gasteiger partial charge in [0.15, 0.2) is 5.69 Å². The summed E-state index contributed by atoms with van der Waals surface area (Å²) in [6.45, 7) is 1.72. The molecule has 2 aromatic carbocycles. The first kappa shape index (κ1) is 14.3.